The number of carbonyl (C=O) groups excluding carboxylic acids is 2. The molecule has 2 fully saturated rings. The molecule has 32 heavy (non-hydrogen) atoms. The maximum Gasteiger partial charge on any atom is 0.282 e. The minimum atomic E-state index is 0.00715. The molecule has 0 spiro atoms. The van der Waals surface area contributed by atoms with Crippen molar-refractivity contribution in [1.29, 1.82) is 0 Å². The van der Waals surface area contributed by atoms with E-state index in [0.29, 0.717) is 31.1 Å². The number of amides is 2. The Balaban J connectivity index is 1.21. The van der Waals surface area contributed by atoms with Crippen molar-refractivity contribution in [3.63, 3.8) is 0 Å². The Bertz CT molecular complexity index is 1120. The molecule has 5 rings (SSSR count). The molecule has 4 heterocycles. The second kappa shape index (κ2) is 8.48. The molecule has 2 amide bonds. The topological polar surface area (TPSA) is 74.6 Å². The Morgan fingerprint density at radius 3 is 2.50 bits per heavy atom. The maximum absolute atomic E-state index is 12.8. The number of piperazine rings is 1. The molecular formula is C23H26N6O2S. The largest absolute Gasteiger partial charge is 0.334 e. The van der Waals surface area contributed by atoms with Crippen molar-refractivity contribution in [2.24, 2.45) is 7.05 Å². The molecule has 2 aliphatic rings. The molecule has 0 N–H and O–H groups in total. The van der Waals surface area contributed by atoms with Crippen LogP contribution in [0, 0.1) is 6.92 Å². The number of aryl methyl sites for hydroxylation is 2. The number of benzene rings is 1. The van der Waals surface area contributed by atoms with E-state index < -0.39 is 0 Å². The quantitative estimate of drug-likeness (QED) is 0.610. The molecule has 2 saturated heterocycles. The average Bonchev–Trinajstić information content (AvgIpc) is 3.54. The number of nitrogens with zero attached hydrogens (tertiary/aromatic N) is 6. The number of thiazole rings is 1. The van der Waals surface area contributed by atoms with Crippen LogP contribution in [0.5, 0.6) is 0 Å². The lowest BCUT2D eigenvalue weighted by Crippen LogP contribution is -2.52. The molecule has 0 saturated carbocycles. The predicted octanol–water partition coefficient (Wildman–Crippen LogP) is 2.42. The standard InChI is InChI=1S/C23H26N6O2S/c1-16-20(15-26(2)25-16)17-3-5-18(6-4-17)29-14-19(13-21(29)30)27-8-10-28(11-9-27)23(31)22-24-7-12-32-22/h3-7,12,15,19H,8-11,13-14H2,1-2H3. The summed E-state index contributed by atoms with van der Waals surface area (Å²) in [5.41, 5.74) is 4.13. The van der Waals surface area contributed by atoms with Crippen LogP contribution in [-0.4, -0.2) is 75.1 Å². The average molecular weight is 451 g/mol. The molecule has 8 nitrogen and oxygen atoms in total. The minimum absolute atomic E-state index is 0.00715. The smallest absolute Gasteiger partial charge is 0.282 e. The van der Waals surface area contributed by atoms with Crippen molar-refractivity contribution in [2.45, 2.75) is 19.4 Å². The summed E-state index contributed by atoms with van der Waals surface area (Å²) < 4.78 is 1.82. The van der Waals surface area contributed by atoms with Crippen LogP contribution in [0.1, 0.15) is 21.9 Å². The normalized spacial score (nSPS) is 19.7. The van der Waals surface area contributed by atoms with Gasteiger partial charge in [-0.05, 0) is 24.6 Å². The summed E-state index contributed by atoms with van der Waals surface area (Å²) >= 11 is 1.38. The Morgan fingerprint density at radius 1 is 1.12 bits per heavy atom. The Hall–Kier alpha value is -3.04. The lowest BCUT2D eigenvalue weighted by molar-refractivity contribution is -0.117. The highest BCUT2D eigenvalue weighted by molar-refractivity contribution is 7.11. The van der Waals surface area contributed by atoms with Gasteiger partial charge in [-0.25, -0.2) is 4.98 Å². The van der Waals surface area contributed by atoms with E-state index in [4.69, 9.17) is 0 Å². The third-order valence-electron chi connectivity index (χ3n) is 6.34. The van der Waals surface area contributed by atoms with Gasteiger partial charge in [0.15, 0.2) is 5.01 Å². The first-order valence-corrected chi connectivity index (χ1v) is 11.7. The van der Waals surface area contributed by atoms with Gasteiger partial charge in [-0.2, -0.15) is 5.10 Å². The van der Waals surface area contributed by atoms with E-state index in [-0.39, 0.29) is 17.9 Å². The van der Waals surface area contributed by atoms with Gasteiger partial charge in [-0.15, -0.1) is 11.3 Å². The Labute approximate surface area is 191 Å². The van der Waals surface area contributed by atoms with Gasteiger partial charge in [-0.1, -0.05) is 12.1 Å². The summed E-state index contributed by atoms with van der Waals surface area (Å²) in [5.74, 6) is 0.161. The first-order valence-electron chi connectivity index (χ1n) is 10.8. The van der Waals surface area contributed by atoms with Crippen LogP contribution in [0.25, 0.3) is 11.1 Å². The zero-order chi connectivity index (χ0) is 22.2. The zero-order valence-electron chi connectivity index (χ0n) is 18.3. The fourth-order valence-corrected chi connectivity index (χ4v) is 5.24. The highest BCUT2D eigenvalue weighted by Gasteiger charge is 2.36. The molecule has 166 valence electrons. The second-order valence-electron chi connectivity index (χ2n) is 8.38. The molecular weight excluding hydrogens is 424 g/mol. The molecule has 1 aromatic carbocycles. The third kappa shape index (κ3) is 3.93. The van der Waals surface area contributed by atoms with Crippen molar-refractivity contribution in [3.8, 4) is 11.1 Å². The second-order valence-corrected chi connectivity index (χ2v) is 9.27. The van der Waals surface area contributed by atoms with Crippen LogP contribution in [0.15, 0.2) is 42.0 Å². The van der Waals surface area contributed by atoms with Gasteiger partial charge in [0.1, 0.15) is 0 Å². The first-order chi connectivity index (χ1) is 15.5. The molecule has 2 aromatic heterocycles. The number of carbonyl (C=O) groups is 2. The number of hydrogen-bond acceptors (Lipinski definition) is 6. The van der Waals surface area contributed by atoms with Crippen LogP contribution >= 0.6 is 11.3 Å². The molecule has 3 aromatic rings. The van der Waals surface area contributed by atoms with Crippen molar-refractivity contribution < 1.29 is 9.59 Å². The van der Waals surface area contributed by atoms with E-state index in [9.17, 15) is 9.59 Å². The maximum atomic E-state index is 12.8. The van der Waals surface area contributed by atoms with E-state index in [1.54, 1.807) is 6.20 Å². The van der Waals surface area contributed by atoms with E-state index in [2.05, 4.69) is 27.1 Å². The summed E-state index contributed by atoms with van der Waals surface area (Å²) in [7, 11) is 1.92. The van der Waals surface area contributed by atoms with Gasteiger partial charge < -0.3 is 9.80 Å². The van der Waals surface area contributed by atoms with Crippen molar-refractivity contribution >= 4 is 28.8 Å². The fourth-order valence-electron chi connectivity index (χ4n) is 4.64. The number of rotatable bonds is 4. The Kier molecular flexibility index (Phi) is 5.52. The molecule has 0 aliphatic carbocycles. The van der Waals surface area contributed by atoms with Gasteiger partial charge in [0, 0.05) is 81.3 Å². The van der Waals surface area contributed by atoms with Crippen LogP contribution in [-0.2, 0) is 11.8 Å². The van der Waals surface area contributed by atoms with E-state index in [0.717, 1.165) is 35.6 Å². The minimum Gasteiger partial charge on any atom is -0.334 e. The van der Waals surface area contributed by atoms with E-state index >= 15 is 0 Å². The summed E-state index contributed by atoms with van der Waals surface area (Å²) in [4.78, 5) is 35.5. The zero-order valence-corrected chi connectivity index (χ0v) is 19.1. The van der Waals surface area contributed by atoms with Gasteiger partial charge >= 0.3 is 0 Å². The lowest BCUT2D eigenvalue weighted by Gasteiger charge is -2.37. The monoisotopic (exact) mass is 450 g/mol. The number of hydrogen-bond donors (Lipinski definition) is 0. The van der Waals surface area contributed by atoms with E-state index in [1.807, 2.05) is 52.2 Å². The molecule has 2 aliphatic heterocycles. The highest BCUT2D eigenvalue weighted by atomic mass is 32.1. The van der Waals surface area contributed by atoms with Crippen LogP contribution in [0.4, 0.5) is 5.69 Å². The number of anilines is 1. The lowest BCUT2D eigenvalue weighted by atomic mass is 10.1. The molecule has 0 bridgehead atoms. The van der Waals surface area contributed by atoms with Crippen molar-refractivity contribution in [2.75, 3.05) is 37.6 Å². The molecule has 1 unspecified atom stereocenters. The SMILES string of the molecule is Cc1nn(C)cc1-c1ccc(N2CC(N3CCN(C(=O)c4nccs4)CC3)CC2=O)cc1. The van der Waals surface area contributed by atoms with Crippen molar-refractivity contribution in [1.82, 2.24) is 24.6 Å². The molecule has 1 atom stereocenters. The summed E-state index contributed by atoms with van der Waals surface area (Å²) in [6, 6.07) is 8.34. The van der Waals surface area contributed by atoms with Crippen LogP contribution in [0.2, 0.25) is 0 Å². The summed E-state index contributed by atoms with van der Waals surface area (Å²) in [5, 5.41) is 6.78. The van der Waals surface area contributed by atoms with Gasteiger partial charge in [0.25, 0.3) is 5.91 Å². The fraction of sp³-hybridized carbons (Fsp3) is 0.391. The molecule has 9 heteroatoms. The van der Waals surface area contributed by atoms with Gasteiger partial charge in [-0.3, -0.25) is 19.2 Å². The summed E-state index contributed by atoms with van der Waals surface area (Å²) in [6.07, 6.45) is 4.20. The first kappa shape index (κ1) is 20.8. The number of aromatic nitrogens is 3. The van der Waals surface area contributed by atoms with E-state index in [1.165, 1.54) is 11.3 Å². The highest BCUT2D eigenvalue weighted by Crippen LogP contribution is 2.29. The van der Waals surface area contributed by atoms with Gasteiger partial charge in [0.2, 0.25) is 5.91 Å². The van der Waals surface area contributed by atoms with Gasteiger partial charge in [0.05, 0.1) is 5.69 Å². The summed E-state index contributed by atoms with van der Waals surface area (Å²) in [6.45, 7) is 5.58. The Morgan fingerprint density at radius 2 is 1.88 bits per heavy atom. The van der Waals surface area contributed by atoms with Crippen LogP contribution in [0.3, 0.4) is 0 Å². The molecule has 0 radical (unpaired) electrons. The van der Waals surface area contributed by atoms with Crippen molar-refractivity contribution in [3.05, 3.63) is 52.7 Å². The predicted molar refractivity (Wildman–Crippen MR) is 124 cm³/mol. The third-order valence-corrected chi connectivity index (χ3v) is 7.10. The van der Waals surface area contributed by atoms with Crippen LogP contribution < -0.4 is 4.90 Å².